The van der Waals surface area contributed by atoms with E-state index in [-0.39, 0.29) is 0 Å². The van der Waals surface area contributed by atoms with Crippen LogP contribution in [-0.2, 0) is 11.2 Å². The molecule has 0 radical (unpaired) electrons. The van der Waals surface area contributed by atoms with E-state index in [0.717, 1.165) is 5.56 Å². The van der Waals surface area contributed by atoms with Gasteiger partial charge in [0, 0.05) is 5.02 Å². The lowest BCUT2D eigenvalue weighted by Crippen LogP contribution is -2.12. The lowest BCUT2D eigenvalue weighted by atomic mass is 10.0. The minimum atomic E-state index is -0.839. The molecule has 5 heteroatoms. The lowest BCUT2D eigenvalue weighted by Gasteiger charge is -2.07. The van der Waals surface area contributed by atoms with Crippen LogP contribution in [0.25, 0.3) is 11.1 Å². The third kappa shape index (κ3) is 2.02. The van der Waals surface area contributed by atoms with Gasteiger partial charge in [0.2, 0.25) is 0 Å². The van der Waals surface area contributed by atoms with E-state index in [1.807, 2.05) is 0 Å². The summed E-state index contributed by atoms with van der Waals surface area (Å²) in [6, 6.07) is 3.42. The van der Waals surface area contributed by atoms with E-state index in [1.165, 1.54) is 6.39 Å². The van der Waals surface area contributed by atoms with Gasteiger partial charge in [-0.05, 0) is 24.1 Å². The maximum absolute atomic E-state index is 10.7. The SMILES string of the molecule is CC(Cc1cc2ocnc2cc1Cl)C(=O)O. The number of benzene rings is 1. The van der Waals surface area contributed by atoms with Crippen LogP contribution in [0.2, 0.25) is 5.02 Å². The second-order valence-electron chi connectivity index (χ2n) is 3.71. The number of fused-ring (bicyclic) bond motifs is 1. The van der Waals surface area contributed by atoms with Crippen LogP contribution in [0.1, 0.15) is 12.5 Å². The molecular formula is C11H10ClNO3. The largest absolute Gasteiger partial charge is 0.481 e. The van der Waals surface area contributed by atoms with Crippen LogP contribution in [0.3, 0.4) is 0 Å². The molecule has 2 aromatic rings. The smallest absolute Gasteiger partial charge is 0.306 e. The van der Waals surface area contributed by atoms with Crippen molar-refractivity contribution < 1.29 is 14.3 Å². The van der Waals surface area contributed by atoms with E-state index >= 15 is 0 Å². The van der Waals surface area contributed by atoms with Crippen molar-refractivity contribution in [2.75, 3.05) is 0 Å². The molecule has 0 saturated heterocycles. The van der Waals surface area contributed by atoms with Gasteiger partial charge in [-0.3, -0.25) is 4.79 Å². The Morgan fingerprint density at radius 3 is 3.06 bits per heavy atom. The average Bonchev–Trinajstić information content (AvgIpc) is 2.65. The Morgan fingerprint density at radius 2 is 2.38 bits per heavy atom. The van der Waals surface area contributed by atoms with Gasteiger partial charge in [0.05, 0.1) is 5.92 Å². The number of carboxylic acids is 1. The van der Waals surface area contributed by atoms with Gasteiger partial charge in [-0.15, -0.1) is 0 Å². The first-order chi connectivity index (χ1) is 7.58. The second kappa shape index (κ2) is 4.14. The Kier molecular flexibility index (Phi) is 2.83. The molecule has 0 amide bonds. The number of aliphatic carboxylic acids is 1. The van der Waals surface area contributed by atoms with Crippen LogP contribution in [0.4, 0.5) is 0 Å². The lowest BCUT2D eigenvalue weighted by molar-refractivity contribution is -0.141. The fourth-order valence-corrected chi connectivity index (χ4v) is 1.73. The molecule has 0 aliphatic carbocycles. The summed E-state index contributed by atoms with van der Waals surface area (Å²) in [6.07, 6.45) is 1.72. The minimum absolute atomic E-state index is 0.380. The molecule has 1 N–H and O–H groups in total. The molecule has 1 unspecified atom stereocenters. The predicted molar refractivity (Wildman–Crippen MR) is 59.5 cm³/mol. The molecule has 0 aliphatic rings. The zero-order valence-corrected chi connectivity index (χ0v) is 9.36. The number of nitrogens with zero attached hydrogens (tertiary/aromatic N) is 1. The van der Waals surface area contributed by atoms with E-state index in [0.29, 0.717) is 22.5 Å². The van der Waals surface area contributed by atoms with Gasteiger partial charge in [-0.2, -0.15) is 0 Å². The molecule has 4 nitrogen and oxygen atoms in total. The first-order valence-electron chi connectivity index (χ1n) is 4.82. The average molecular weight is 240 g/mol. The highest BCUT2D eigenvalue weighted by Gasteiger charge is 2.15. The van der Waals surface area contributed by atoms with Gasteiger partial charge in [0.25, 0.3) is 0 Å². The fraction of sp³-hybridized carbons (Fsp3) is 0.273. The van der Waals surface area contributed by atoms with Gasteiger partial charge in [0.1, 0.15) is 5.52 Å². The summed E-state index contributed by atoms with van der Waals surface area (Å²) >= 11 is 6.03. The Bertz CT molecular complexity index is 535. The van der Waals surface area contributed by atoms with Crippen molar-refractivity contribution in [2.24, 2.45) is 5.92 Å². The summed E-state index contributed by atoms with van der Waals surface area (Å²) < 4.78 is 5.14. The van der Waals surface area contributed by atoms with Crippen LogP contribution in [-0.4, -0.2) is 16.1 Å². The van der Waals surface area contributed by atoms with Gasteiger partial charge in [-0.25, -0.2) is 4.98 Å². The Morgan fingerprint density at radius 1 is 1.62 bits per heavy atom. The van der Waals surface area contributed by atoms with Crippen molar-refractivity contribution in [3.05, 3.63) is 29.1 Å². The third-order valence-electron chi connectivity index (χ3n) is 2.45. The summed E-state index contributed by atoms with van der Waals surface area (Å²) in [5, 5.41) is 9.35. The normalized spacial score (nSPS) is 12.9. The van der Waals surface area contributed by atoms with Crippen molar-refractivity contribution >= 4 is 28.7 Å². The molecule has 1 heterocycles. The first-order valence-corrected chi connectivity index (χ1v) is 5.20. The van der Waals surface area contributed by atoms with Crippen molar-refractivity contribution in [3.8, 4) is 0 Å². The van der Waals surface area contributed by atoms with E-state index in [9.17, 15) is 4.79 Å². The van der Waals surface area contributed by atoms with Crippen LogP contribution >= 0.6 is 11.6 Å². The predicted octanol–water partition coefficient (Wildman–Crippen LogP) is 2.74. The summed E-state index contributed by atoms with van der Waals surface area (Å²) in [6.45, 7) is 1.64. The van der Waals surface area contributed by atoms with Crippen molar-refractivity contribution in [3.63, 3.8) is 0 Å². The van der Waals surface area contributed by atoms with Gasteiger partial charge in [0.15, 0.2) is 12.0 Å². The molecule has 0 fully saturated rings. The van der Waals surface area contributed by atoms with Gasteiger partial charge < -0.3 is 9.52 Å². The van der Waals surface area contributed by atoms with Crippen LogP contribution in [0.15, 0.2) is 22.9 Å². The highest BCUT2D eigenvalue weighted by Crippen LogP contribution is 2.25. The van der Waals surface area contributed by atoms with E-state index < -0.39 is 11.9 Å². The molecular weight excluding hydrogens is 230 g/mol. The maximum Gasteiger partial charge on any atom is 0.306 e. The molecule has 1 aromatic carbocycles. The Labute approximate surface area is 96.8 Å². The number of hydrogen-bond donors (Lipinski definition) is 1. The number of rotatable bonds is 3. The monoisotopic (exact) mass is 239 g/mol. The minimum Gasteiger partial charge on any atom is -0.481 e. The Hall–Kier alpha value is -1.55. The van der Waals surface area contributed by atoms with Gasteiger partial charge >= 0.3 is 5.97 Å². The second-order valence-corrected chi connectivity index (χ2v) is 4.11. The summed E-state index contributed by atoms with van der Waals surface area (Å²) in [4.78, 5) is 14.7. The molecule has 2 rings (SSSR count). The molecule has 1 aromatic heterocycles. The molecule has 16 heavy (non-hydrogen) atoms. The Balaban J connectivity index is 2.36. The number of halogens is 1. The molecule has 0 spiro atoms. The highest BCUT2D eigenvalue weighted by molar-refractivity contribution is 6.32. The zero-order chi connectivity index (χ0) is 11.7. The quantitative estimate of drug-likeness (QED) is 0.895. The zero-order valence-electron chi connectivity index (χ0n) is 8.61. The summed E-state index contributed by atoms with van der Waals surface area (Å²) in [5.41, 5.74) is 2.06. The van der Waals surface area contributed by atoms with Crippen LogP contribution in [0.5, 0.6) is 0 Å². The highest BCUT2D eigenvalue weighted by atomic mass is 35.5. The summed E-state index contributed by atoms with van der Waals surface area (Å²) in [7, 11) is 0. The van der Waals surface area contributed by atoms with Crippen LogP contribution < -0.4 is 0 Å². The van der Waals surface area contributed by atoms with Crippen molar-refractivity contribution in [1.82, 2.24) is 4.98 Å². The number of carbonyl (C=O) groups is 1. The molecule has 0 bridgehead atoms. The number of aromatic nitrogens is 1. The van der Waals surface area contributed by atoms with Crippen LogP contribution in [0, 0.1) is 5.92 Å². The van der Waals surface area contributed by atoms with Crippen molar-refractivity contribution in [2.45, 2.75) is 13.3 Å². The van der Waals surface area contributed by atoms with Crippen molar-refractivity contribution in [1.29, 1.82) is 0 Å². The number of hydrogen-bond acceptors (Lipinski definition) is 3. The number of oxazole rings is 1. The first kappa shape index (κ1) is 11.0. The fourth-order valence-electron chi connectivity index (χ4n) is 1.49. The molecule has 1 atom stereocenters. The number of carboxylic acid groups (broad SMARTS) is 1. The topological polar surface area (TPSA) is 63.3 Å². The molecule has 0 aliphatic heterocycles. The van der Waals surface area contributed by atoms with E-state index in [2.05, 4.69) is 4.98 Å². The summed E-state index contributed by atoms with van der Waals surface area (Å²) in [5.74, 6) is -1.31. The standard InChI is InChI=1S/C11H10ClNO3/c1-6(11(14)15)2-7-3-10-9(4-8(7)12)13-5-16-10/h3-6H,2H2,1H3,(H,14,15). The molecule has 84 valence electrons. The van der Waals surface area contributed by atoms with Gasteiger partial charge in [-0.1, -0.05) is 18.5 Å². The van der Waals surface area contributed by atoms with E-state index in [4.69, 9.17) is 21.1 Å². The third-order valence-corrected chi connectivity index (χ3v) is 2.80. The maximum atomic E-state index is 10.7. The van der Waals surface area contributed by atoms with E-state index in [1.54, 1.807) is 19.1 Å². The molecule has 0 saturated carbocycles.